The second-order valence-corrected chi connectivity index (χ2v) is 20.5. The van der Waals surface area contributed by atoms with E-state index in [1.807, 2.05) is 13.8 Å². The molecule has 4 amide bonds. The lowest BCUT2D eigenvalue weighted by molar-refractivity contribution is -0.00143. The van der Waals surface area contributed by atoms with E-state index in [1.165, 1.54) is 0 Å². The maximum atomic E-state index is 12.7. The first-order valence-corrected chi connectivity index (χ1v) is 22.7. The Morgan fingerprint density at radius 1 is 0.545 bits per heavy atom. The van der Waals surface area contributed by atoms with Gasteiger partial charge in [0.25, 0.3) is 0 Å². The molecule has 2 aromatic carbocycles. The van der Waals surface area contributed by atoms with Crippen molar-refractivity contribution in [3.63, 3.8) is 0 Å². The third kappa shape index (κ3) is 19.1. The van der Waals surface area contributed by atoms with Gasteiger partial charge in [0.1, 0.15) is 39.6 Å². The highest BCUT2D eigenvalue weighted by Gasteiger charge is 2.33. The number of carbonyl (C=O) groups excluding carboxylic acids is 4. The predicted octanol–water partition coefficient (Wildman–Crippen LogP) is 13.4. The lowest BCUT2D eigenvalue weighted by Gasteiger charge is -2.28. The smallest absolute Gasteiger partial charge is 0.419 e. The first kappa shape index (κ1) is 55.4. The maximum Gasteiger partial charge on any atom is 0.419 e. The van der Waals surface area contributed by atoms with Gasteiger partial charge in [-0.25, -0.2) is 29.0 Å². The SMILES string of the molecule is CCc1c(Oc2cc(Cl)cc(Cl)c2)cnn1CCN(C(=O)OC(C)(C)C)C(=O)OC(C)(C)C.CCc1nn(CCN(C(=O)OC(C)(C)C)C(=O)OC(C)(C)C)cc1Oc1cc(Cl)cc(Cl)c1. The van der Waals surface area contributed by atoms with Crippen LogP contribution < -0.4 is 9.47 Å². The van der Waals surface area contributed by atoms with Crippen LogP contribution in [0.2, 0.25) is 20.1 Å². The highest BCUT2D eigenvalue weighted by atomic mass is 35.5. The largest absolute Gasteiger partial charge is 0.454 e. The molecule has 4 rings (SSSR count). The van der Waals surface area contributed by atoms with Crippen molar-refractivity contribution in [2.24, 2.45) is 0 Å². The molecule has 0 N–H and O–H groups in total. The molecule has 16 nitrogen and oxygen atoms in total. The van der Waals surface area contributed by atoms with Crippen molar-refractivity contribution in [2.45, 2.75) is 145 Å². The first-order valence-electron chi connectivity index (χ1n) is 21.2. The summed E-state index contributed by atoms with van der Waals surface area (Å²) in [7, 11) is 0. The number of benzene rings is 2. The Kier molecular flexibility index (Phi) is 19.5. The van der Waals surface area contributed by atoms with Crippen LogP contribution in [-0.4, -0.2) is 89.2 Å². The average molecular weight is 1000 g/mol. The molecule has 0 saturated carbocycles. The van der Waals surface area contributed by atoms with Crippen LogP contribution in [0.5, 0.6) is 23.0 Å². The lowest BCUT2D eigenvalue weighted by atomic mass is 10.2. The third-order valence-electron chi connectivity index (χ3n) is 8.05. The van der Waals surface area contributed by atoms with Crippen LogP contribution in [0.1, 0.15) is 108 Å². The number of hydrogen-bond acceptors (Lipinski definition) is 12. The molecule has 0 aliphatic rings. The average Bonchev–Trinajstić information content (AvgIpc) is 3.70. The van der Waals surface area contributed by atoms with Gasteiger partial charge < -0.3 is 28.4 Å². The molecule has 0 unspecified atom stereocenters. The molecule has 0 saturated heterocycles. The van der Waals surface area contributed by atoms with Gasteiger partial charge in [-0.2, -0.15) is 10.2 Å². The monoisotopic (exact) mass is 998 g/mol. The first-order chi connectivity index (χ1) is 30.3. The molecule has 66 heavy (non-hydrogen) atoms. The minimum absolute atomic E-state index is 0.000932. The Hall–Kier alpha value is -4.90. The number of hydrogen-bond donors (Lipinski definition) is 0. The highest BCUT2D eigenvalue weighted by molar-refractivity contribution is 6.35. The summed E-state index contributed by atoms with van der Waals surface area (Å²) in [6.07, 6.45) is 1.32. The minimum atomic E-state index is -0.787. The summed E-state index contributed by atoms with van der Waals surface area (Å²) in [5.41, 5.74) is -1.59. The van der Waals surface area contributed by atoms with Crippen molar-refractivity contribution >= 4 is 70.8 Å². The van der Waals surface area contributed by atoms with Gasteiger partial charge in [-0.05, 0) is 132 Å². The second-order valence-electron chi connectivity index (χ2n) is 18.7. The van der Waals surface area contributed by atoms with Crippen molar-refractivity contribution < 1.29 is 47.6 Å². The zero-order valence-electron chi connectivity index (χ0n) is 40.1. The molecule has 0 spiro atoms. The molecule has 364 valence electrons. The van der Waals surface area contributed by atoms with E-state index in [0.717, 1.165) is 15.5 Å². The summed E-state index contributed by atoms with van der Waals surface area (Å²) in [5, 5.41) is 10.7. The van der Waals surface area contributed by atoms with Crippen molar-refractivity contribution in [2.75, 3.05) is 13.1 Å². The van der Waals surface area contributed by atoms with Crippen molar-refractivity contribution in [1.82, 2.24) is 29.4 Å². The molecule has 2 aromatic heterocycles. The van der Waals surface area contributed by atoms with Gasteiger partial charge in [-0.3, -0.25) is 9.36 Å². The molecule has 0 radical (unpaired) electrons. The molecule has 0 atom stereocenters. The number of carbonyl (C=O) groups is 4. The van der Waals surface area contributed by atoms with Gasteiger partial charge in [0.2, 0.25) is 0 Å². The van der Waals surface area contributed by atoms with E-state index in [-0.39, 0.29) is 26.2 Å². The number of nitrogens with zero attached hydrogens (tertiary/aromatic N) is 6. The summed E-state index contributed by atoms with van der Waals surface area (Å²) in [4.78, 5) is 52.6. The van der Waals surface area contributed by atoms with Crippen LogP contribution in [0.3, 0.4) is 0 Å². The second kappa shape index (κ2) is 23.2. The number of ether oxygens (including phenoxy) is 6. The Morgan fingerprint density at radius 2 is 0.909 bits per heavy atom. The number of rotatable bonds is 12. The van der Waals surface area contributed by atoms with Crippen LogP contribution in [0, 0.1) is 0 Å². The van der Waals surface area contributed by atoms with Gasteiger partial charge in [0.05, 0.1) is 44.3 Å². The Morgan fingerprint density at radius 3 is 1.26 bits per heavy atom. The number of aryl methyl sites for hydroxylation is 1. The molecular weight excluding hydrogens is 938 g/mol. The fourth-order valence-electron chi connectivity index (χ4n) is 5.52. The van der Waals surface area contributed by atoms with Gasteiger partial charge in [-0.1, -0.05) is 60.3 Å². The molecule has 0 bridgehead atoms. The van der Waals surface area contributed by atoms with Gasteiger partial charge in [-0.15, -0.1) is 0 Å². The van der Waals surface area contributed by atoms with Crippen LogP contribution >= 0.6 is 46.4 Å². The normalized spacial score (nSPS) is 11.8. The standard InChI is InChI=1S/2C23H31Cl2N3O5/c1-8-18-19(31-17-12-15(24)11-16(25)13-17)14-27(26-18)9-10-28(20(29)32-22(2,3)4)21(30)33-23(5,6)7;1-8-18-19(31-17-12-15(24)11-16(25)13-17)14-26-28(18)10-9-27(20(29)32-22(2,3)4)21(30)33-23(5,6)7/h2*11-14H,8-10H2,1-7H3. The van der Waals surface area contributed by atoms with Crippen molar-refractivity contribution in [3.8, 4) is 23.0 Å². The Balaban J connectivity index is 0.000000350. The van der Waals surface area contributed by atoms with E-state index in [1.54, 1.807) is 141 Å². The van der Waals surface area contributed by atoms with Gasteiger partial charge >= 0.3 is 24.4 Å². The van der Waals surface area contributed by atoms with E-state index in [2.05, 4.69) is 10.2 Å². The van der Waals surface area contributed by atoms with Crippen LogP contribution in [-0.2, 0) is 44.9 Å². The molecular formula is C46H62Cl4N6O10. The summed E-state index contributed by atoms with van der Waals surface area (Å²) in [6.45, 7) is 25.1. The minimum Gasteiger partial charge on any atom is -0.454 e. The molecule has 0 aliphatic heterocycles. The molecule has 2 heterocycles. The van der Waals surface area contributed by atoms with Crippen LogP contribution in [0.25, 0.3) is 0 Å². The molecule has 0 fully saturated rings. The fraction of sp³-hybridized carbons (Fsp3) is 0.522. The maximum absolute atomic E-state index is 12.7. The lowest BCUT2D eigenvalue weighted by Crippen LogP contribution is -2.45. The predicted molar refractivity (Wildman–Crippen MR) is 255 cm³/mol. The van der Waals surface area contributed by atoms with Gasteiger partial charge in [0, 0.05) is 20.1 Å². The number of amides is 4. The fourth-order valence-corrected chi connectivity index (χ4v) is 6.54. The number of halogens is 4. The van der Waals surface area contributed by atoms with Crippen molar-refractivity contribution in [1.29, 1.82) is 0 Å². The van der Waals surface area contributed by atoms with E-state index >= 15 is 0 Å². The van der Waals surface area contributed by atoms with Crippen molar-refractivity contribution in [3.05, 3.63) is 80.3 Å². The quantitative estimate of drug-likeness (QED) is 0.123. The van der Waals surface area contributed by atoms with E-state index in [4.69, 9.17) is 74.8 Å². The van der Waals surface area contributed by atoms with Crippen LogP contribution in [0.15, 0.2) is 48.8 Å². The van der Waals surface area contributed by atoms with Gasteiger partial charge in [0.15, 0.2) is 11.5 Å². The summed E-state index contributed by atoms with van der Waals surface area (Å²) in [5.74, 6) is 2.01. The number of imide groups is 2. The van der Waals surface area contributed by atoms with E-state index in [0.29, 0.717) is 61.6 Å². The zero-order chi connectivity index (χ0) is 49.9. The summed E-state index contributed by atoms with van der Waals surface area (Å²) < 4.78 is 36.7. The number of aromatic nitrogens is 4. The van der Waals surface area contributed by atoms with Crippen LogP contribution in [0.4, 0.5) is 19.2 Å². The molecule has 20 heteroatoms. The third-order valence-corrected chi connectivity index (χ3v) is 8.92. The highest BCUT2D eigenvalue weighted by Crippen LogP contribution is 2.32. The molecule has 0 aliphatic carbocycles. The Labute approximate surface area is 407 Å². The molecule has 4 aromatic rings. The Bertz CT molecular complexity index is 2160. The summed E-state index contributed by atoms with van der Waals surface area (Å²) >= 11 is 24.2. The van der Waals surface area contributed by atoms with E-state index < -0.39 is 46.8 Å². The van der Waals surface area contributed by atoms with E-state index in [9.17, 15) is 19.2 Å². The topological polar surface area (TPSA) is 166 Å². The zero-order valence-corrected chi connectivity index (χ0v) is 43.2. The summed E-state index contributed by atoms with van der Waals surface area (Å²) in [6, 6.07) is 9.83.